The second kappa shape index (κ2) is 7.43. The van der Waals surface area contributed by atoms with Crippen LogP contribution >= 0.6 is 0 Å². The summed E-state index contributed by atoms with van der Waals surface area (Å²) in [6.45, 7) is 1.53. The van der Waals surface area contributed by atoms with Gasteiger partial charge in [-0.1, -0.05) is 18.2 Å². The van der Waals surface area contributed by atoms with Crippen molar-refractivity contribution < 1.29 is 28.6 Å². The van der Waals surface area contributed by atoms with E-state index in [1.165, 1.54) is 25.1 Å². The van der Waals surface area contributed by atoms with E-state index >= 15 is 0 Å². The molecule has 1 amide bonds. The number of aromatic hydroxyl groups is 1. The minimum atomic E-state index is -1.12. The van der Waals surface area contributed by atoms with Crippen LogP contribution in [0.5, 0.6) is 5.75 Å². The lowest BCUT2D eigenvalue weighted by molar-refractivity contribution is -0.118. The molecule has 0 aliphatic rings. The summed E-state index contributed by atoms with van der Waals surface area (Å²) in [5, 5.41) is 19.5. The fourth-order valence-corrected chi connectivity index (χ4v) is 2.95. The fraction of sp³-hybridized carbons (Fsp3) is 0.150. The number of carboxylic acids is 1. The number of carbonyl (C=O) groups is 2. The summed E-state index contributed by atoms with van der Waals surface area (Å²) in [6, 6.07) is 10.4. The van der Waals surface area contributed by atoms with Gasteiger partial charge in [-0.15, -0.1) is 0 Å². The van der Waals surface area contributed by atoms with Gasteiger partial charge in [0.2, 0.25) is 17.1 Å². The monoisotopic (exact) mass is 383 g/mol. The van der Waals surface area contributed by atoms with Crippen molar-refractivity contribution in [1.82, 2.24) is 0 Å². The van der Waals surface area contributed by atoms with Gasteiger partial charge >= 0.3 is 5.97 Å². The third-order valence-corrected chi connectivity index (χ3v) is 4.19. The van der Waals surface area contributed by atoms with Crippen LogP contribution < -0.4 is 11.2 Å². The lowest BCUT2D eigenvalue weighted by atomic mass is 9.97. The summed E-state index contributed by atoms with van der Waals surface area (Å²) in [7, 11) is 0. The minimum Gasteiger partial charge on any atom is -0.502 e. The van der Waals surface area contributed by atoms with E-state index in [0.29, 0.717) is 5.56 Å². The third kappa shape index (κ3) is 3.66. The number of amides is 1. The number of nitrogens with two attached hydrogens (primary N) is 1. The molecule has 3 rings (SSSR count). The van der Waals surface area contributed by atoms with Crippen molar-refractivity contribution in [3.05, 3.63) is 75.5 Å². The molecule has 8 heteroatoms. The number of furan rings is 1. The highest BCUT2D eigenvalue weighted by Gasteiger charge is 2.28. The largest absolute Gasteiger partial charge is 0.502 e. The van der Waals surface area contributed by atoms with Gasteiger partial charge in [-0.05, 0) is 25.1 Å². The first-order valence-corrected chi connectivity index (χ1v) is 8.32. The van der Waals surface area contributed by atoms with Gasteiger partial charge in [0.05, 0.1) is 11.5 Å². The first kappa shape index (κ1) is 19.0. The zero-order chi connectivity index (χ0) is 20.4. The average molecular weight is 383 g/mol. The van der Waals surface area contributed by atoms with Crippen molar-refractivity contribution in [2.45, 2.75) is 19.3 Å². The van der Waals surface area contributed by atoms with E-state index in [0.717, 1.165) is 6.07 Å². The molecule has 1 atom stereocenters. The molecule has 0 radical (unpaired) electrons. The molecule has 0 aliphatic heterocycles. The zero-order valence-corrected chi connectivity index (χ0v) is 14.8. The summed E-state index contributed by atoms with van der Waals surface area (Å²) in [4.78, 5) is 34.9. The van der Waals surface area contributed by atoms with Gasteiger partial charge in [-0.2, -0.15) is 0 Å². The Morgan fingerprint density at radius 3 is 2.54 bits per heavy atom. The Morgan fingerprint density at radius 2 is 1.86 bits per heavy atom. The fourth-order valence-electron chi connectivity index (χ4n) is 2.95. The molecule has 8 nitrogen and oxygen atoms in total. The molecule has 0 bridgehead atoms. The summed E-state index contributed by atoms with van der Waals surface area (Å²) in [6.07, 6.45) is -0.284. The Bertz CT molecular complexity index is 1110. The smallest absolute Gasteiger partial charge is 0.336 e. The van der Waals surface area contributed by atoms with Crippen molar-refractivity contribution in [2.75, 3.05) is 0 Å². The molecule has 0 unspecified atom stereocenters. The maximum Gasteiger partial charge on any atom is 0.336 e. The van der Waals surface area contributed by atoms with Crippen molar-refractivity contribution in [2.24, 2.45) is 5.73 Å². The Kier molecular flexibility index (Phi) is 5.04. The quantitative estimate of drug-likeness (QED) is 0.593. The van der Waals surface area contributed by atoms with Gasteiger partial charge in [0, 0.05) is 18.1 Å². The molecule has 4 N–H and O–H groups in total. The first-order valence-electron chi connectivity index (χ1n) is 8.32. The van der Waals surface area contributed by atoms with E-state index in [2.05, 4.69) is 0 Å². The average Bonchev–Trinajstić information content (AvgIpc) is 3.12. The van der Waals surface area contributed by atoms with E-state index in [-0.39, 0.29) is 35.0 Å². The van der Waals surface area contributed by atoms with Gasteiger partial charge in [-0.3, -0.25) is 9.59 Å². The lowest BCUT2D eigenvalue weighted by Crippen LogP contribution is -2.17. The molecule has 28 heavy (non-hydrogen) atoms. The number of carboxylic acid groups (broad SMARTS) is 1. The zero-order valence-electron chi connectivity index (χ0n) is 14.8. The number of carbonyl (C=O) groups excluding carboxylic acids is 1. The number of benzene rings is 1. The maximum atomic E-state index is 11.9. The van der Waals surface area contributed by atoms with E-state index in [4.69, 9.17) is 14.6 Å². The van der Waals surface area contributed by atoms with Crippen LogP contribution in [0.2, 0.25) is 0 Å². The van der Waals surface area contributed by atoms with Gasteiger partial charge in [-0.25, -0.2) is 4.79 Å². The summed E-state index contributed by atoms with van der Waals surface area (Å²) in [5.74, 6) is -2.86. The maximum absolute atomic E-state index is 11.9. The van der Waals surface area contributed by atoms with E-state index in [1.807, 2.05) is 0 Å². The molecule has 2 aromatic heterocycles. The molecular formula is C20H17NO7. The molecule has 2 heterocycles. The Morgan fingerprint density at radius 1 is 1.14 bits per heavy atom. The summed E-state index contributed by atoms with van der Waals surface area (Å²) >= 11 is 0. The summed E-state index contributed by atoms with van der Waals surface area (Å²) in [5.41, 5.74) is 5.04. The number of primary amides is 1. The van der Waals surface area contributed by atoms with E-state index in [1.54, 1.807) is 18.2 Å². The van der Waals surface area contributed by atoms with Crippen LogP contribution in [0, 0.1) is 6.92 Å². The van der Waals surface area contributed by atoms with Crippen molar-refractivity contribution >= 4 is 11.9 Å². The van der Waals surface area contributed by atoms with E-state index in [9.17, 15) is 24.6 Å². The second-order valence-electron chi connectivity index (χ2n) is 6.21. The van der Waals surface area contributed by atoms with Crippen LogP contribution in [0.4, 0.5) is 0 Å². The van der Waals surface area contributed by atoms with Gasteiger partial charge < -0.3 is 24.8 Å². The normalized spacial score (nSPS) is 11.9. The highest BCUT2D eigenvalue weighted by molar-refractivity contribution is 5.95. The Balaban J connectivity index is 2.11. The standard InChI is InChI=1S/C20H17NO7/c1-10-8-14(22)18(24)19(27-10)13(9-17(21)23)16-7-6-15(28-16)11-4-2-3-5-12(11)20(25)26/h2-8,13,24H,9H2,1H3,(H2,21,23)(H,25,26)/t13-/m1/s1. The molecule has 0 saturated carbocycles. The van der Waals surface area contributed by atoms with E-state index < -0.39 is 29.0 Å². The first-order chi connectivity index (χ1) is 13.3. The van der Waals surface area contributed by atoms with Crippen LogP contribution in [0.3, 0.4) is 0 Å². The number of aromatic carboxylic acids is 1. The van der Waals surface area contributed by atoms with Crippen molar-refractivity contribution in [1.29, 1.82) is 0 Å². The van der Waals surface area contributed by atoms with Crippen LogP contribution in [-0.4, -0.2) is 22.1 Å². The highest BCUT2D eigenvalue weighted by atomic mass is 16.4. The predicted molar refractivity (Wildman–Crippen MR) is 98.1 cm³/mol. The molecule has 144 valence electrons. The number of rotatable bonds is 6. The molecule has 0 fully saturated rings. The molecule has 0 saturated heterocycles. The molecule has 0 spiro atoms. The predicted octanol–water partition coefficient (Wildman–Crippen LogP) is 2.62. The second-order valence-corrected chi connectivity index (χ2v) is 6.21. The number of hydrogen-bond donors (Lipinski definition) is 3. The van der Waals surface area contributed by atoms with Gasteiger partial charge in [0.15, 0.2) is 5.76 Å². The SMILES string of the molecule is Cc1cc(=O)c(O)c([C@H](CC(N)=O)c2ccc(-c3ccccc3C(=O)O)o2)o1. The Hall–Kier alpha value is -3.81. The molecule has 1 aromatic carbocycles. The molecular weight excluding hydrogens is 366 g/mol. The summed E-state index contributed by atoms with van der Waals surface area (Å²) < 4.78 is 11.2. The molecule has 0 aliphatic carbocycles. The van der Waals surface area contributed by atoms with Crippen LogP contribution in [0.1, 0.15) is 40.0 Å². The van der Waals surface area contributed by atoms with Gasteiger partial charge in [0.25, 0.3) is 0 Å². The van der Waals surface area contributed by atoms with Gasteiger partial charge in [0.1, 0.15) is 17.3 Å². The Labute approximate surface area is 158 Å². The lowest BCUT2D eigenvalue weighted by Gasteiger charge is -2.14. The highest BCUT2D eigenvalue weighted by Crippen LogP contribution is 2.36. The molecule has 3 aromatic rings. The topological polar surface area (TPSA) is 144 Å². The third-order valence-electron chi connectivity index (χ3n) is 4.19. The van der Waals surface area contributed by atoms with Crippen LogP contribution in [-0.2, 0) is 4.79 Å². The van der Waals surface area contributed by atoms with Crippen LogP contribution in [0.25, 0.3) is 11.3 Å². The number of aryl methyl sites for hydroxylation is 1. The van der Waals surface area contributed by atoms with Crippen molar-refractivity contribution in [3.8, 4) is 17.1 Å². The number of hydrogen-bond acceptors (Lipinski definition) is 6. The minimum absolute atomic E-state index is 0.0415. The van der Waals surface area contributed by atoms with Crippen molar-refractivity contribution in [3.63, 3.8) is 0 Å². The van der Waals surface area contributed by atoms with Crippen LogP contribution in [0.15, 0.2) is 56.1 Å².